The fraction of sp³-hybridized carbons (Fsp3) is 0.357. The van der Waals surface area contributed by atoms with Gasteiger partial charge in [-0.25, -0.2) is 4.98 Å². The number of rotatable bonds is 3. The van der Waals surface area contributed by atoms with Crippen LogP contribution in [0.15, 0.2) is 30.6 Å². The van der Waals surface area contributed by atoms with Crippen molar-refractivity contribution < 1.29 is 0 Å². The summed E-state index contributed by atoms with van der Waals surface area (Å²) in [7, 11) is 0. The second kappa shape index (κ2) is 4.92. The Morgan fingerprint density at radius 1 is 1.35 bits per heavy atom. The second-order valence-electron chi connectivity index (χ2n) is 4.66. The van der Waals surface area contributed by atoms with Crippen molar-refractivity contribution in [2.24, 2.45) is 0 Å². The Kier molecular flexibility index (Phi) is 3.53. The molecule has 90 valence electrons. The Balaban J connectivity index is 2.28. The number of halogens is 1. The molecule has 17 heavy (non-hydrogen) atoms. The van der Waals surface area contributed by atoms with Crippen molar-refractivity contribution in [2.45, 2.75) is 33.2 Å². The maximum atomic E-state index is 6.24. The van der Waals surface area contributed by atoms with Gasteiger partial charge in [-0.15, -0.1) is 0 Å². The summed E-state index contributed by atoms with van der Waals surface area (Å²) in [6.07, 6.45) is 3.85. The minimum atomic E-state index is 0.425. The van der Waals surface area contributed by atoms with Gasteiger partial charge < -0.3 is 4.57 Å². The van der Waals surface area contributed by atoms with Crippen molar-refractivity contribution in [1.82, 2.24) is 9.55 Å². The van der Waals surface area contributed by atoms with E-state index in [-0.39, 0.29) is 0 Å². The number of aromatic nitrogens is 2. The summed E-state index contributed by atoms with van der Waals surface area (Å²) in [4.78, 5) is 4.38. The Morgan fingerprint density at radius 3 is 2.76 bits per heavy atom. The van der Waals surface area contributed by atoms with Crippen molar-refractivity contribution in [2.75, 3.05) is 0 Å². The number of hydrogen-bond donors (Lipinski definition) is 0. The van der Waals surface area contributed by atoms with E-state index >= 15 is 0 Å². The highest BCUT2D eigenvalue weighted by atomic mass is 35.5. The predicted octanol–water partition coefficient (Wildman–Crippen LogP) is 4.02. The van der Waals surface area contributed by atoms with Crippen molar-refractivity contribution in [3.8, 4) is 0 Å². The average molecular weight is 249 g/mol. The summed E-state index contributed by atoms with van der Waals surface area (Å²) < 4.78 is 2.15. The molecule has 0 aliphatic heterocycles. The van der Waals surface area contributed by atoms with Crippen molar-refractivity contribution in [3.05, 3.63) is 52.6 Å². The van der Waals surface area contributed by atoms with Crippen LogP contribution in [0.25, 0.3) is 0 Å². The van der Waals surface area contributed by atoms with E-state index < -0.39 is 0 Å². The summed E-state index contributed by atoms with van der Waals surface area (Å²) in [5, 5.41) is 0.827. The van der Waals surface area contributed by atoms with Crippen LogP contribution >= 0.6 is 11.6 Å². The molecule has 0 fully saturated rings. The Bertz CT molecular complexity index is 515. The van der Waals surface area contributed by atoms with Crippen LogP contribution in [0.5, 0.6) is 0 Å². The standard InChI is InChI=1S/C14H17ClN2/c1-10(2)14-16-6-7-17(14)9-12-5-4-11(3)8-13(12)15/h4-8,10H,9H2,1-3H3. The molecule has 1 aromatic heterocycles. The van der Waals surface area contributed by atoms with Crippen molar-refractivity contribution in [3.63, 3.8) is 0 Å². The third-order valence-corrected chi connectivity index (χ3v) is 3.17. The van der Waals surface area contributed by atoms with E-state index in [1.54, 1.807) is 0 Å². The lowest BCUT2D eigenvalue weighted by molar-refractivity contribution is 0.669. The summed E-state index contributed by atoms with van der Waals surface area (Å²) >= 11 is 6.24. The molecule has 0 spiro atoms. The molecular formula is C14H17ClN2. The van der Waals surface area contributed by atoms with Gasteiger partial charge in [-0.3, -0.25) is 0 Å². The van der Waals surface area contributed by atoms with Gasteiger partial charge in [-0.2, -0.15) is 0 Å². The molecule has 1 aromatic carbocycles. The van der Waals surface area contributed by atoms with E-state index in [0.717, 1.165) is 23.0 Å². The largest absolute Gasteiger partial charge is 0.330 e. The molecule has 0 saturated carbocycles. The highest BCUT2D eigenvalue weighted by Crippen LogP contribution is 2.20. The number of imidazole rings is 1. The van der Waals surface area contributed by atoms with Gasteiger partial charge in [-0.1, -0.05) is 37.6 Å². The predicted molar refractivity (Wildman–Crippen MR) is 71.6 cm³/mol. The van der Waals surface area contributed by atoms with E-state index in [1.165, 1.54) is 5.56 Å². The lowest BCUT2D eigenvalue weighted by Gasteiger charge is -2.11. The third-order valence-electron chi connectivity index (χ3n) is 2.81. The lowest BCUT2D eigenvalue weighted by atomic mass is 10.1. The van der Waals surface area contributed by atoms with Gasteiger partial charge in [0, 0.05) is 23.3 Å². The van der Waals surface area contributed by atoms with E-state index in [9.17, 15) is 0 Å². The zero-order chi connectivity index (χ0) is 12.4. The molecule has 2 nitrogen and oxygen atoms in total. The smallest absolute Gasteiger partial charge is 0.111 e. The Hall–Kier alpha value is -1.28. The van der Waals surface area contributed by atoms with Gasteiger partial charge in [0.25, 0.3) is 0 Å². The lowest BCUT2D eigenvalue weighted by Crippen LogP contribution is -2.06. The van der Waals surface area contributed by atoms with Crippen LogP contribution in [0.3, 0.4) is 0 Å². The first-order chi connectivity index (χ1) is 8.08. The van der Waals surface area contributed by atoms with Crippen LogP contribution in [0.1, 0.15) is 36.7 Å². The first-order valence-corrected chi connectivity index (χ1v) is 6.22. The normalized spacial score (nSPS) is 11.1. The second-order valence-corrected chi connectivity index (χ2v) is 5.07. The molecule has 0 unspecified atom stereocenters. The monoisotopic (exact) mass is 248 g/mol. The highest BCUT2D eigenvalue weighted by molar-refractivity contribution is 6.31. The minimum Gasteiger partial charge on any atom is -0.330 e. The Labute approximate surface area is 107 Å². The van der Waals surface area contributed by atoms with Gasteiger partial charge in [0.1, 0.15) is 5.82 Å². The van der Waals surface area contributed by atoms with Crippen LogP contribution < -0.4 is 0 Å². The first-order valence-electron chi connectivity index (χ1n) is 5.84. The highest BCUT2D eigenvalue weighted by Gasteiger charge is 2.08. The quantitative estimate of drug-likeness (QED) is 0.802. The zero-order valence-corrected chi connectivity index (χ0v) is 11.2. The van der Waals surface area contributed by atoms with E-state index in [4.69, 9.17) is 11.6 Å². The van der Waals surface area contributed by atoms with Gasteiger partial charge in [0.2, 0.25) is 0 Å². The van der Waals surface area contributed by atoms with E-state index in [2.05, 4.69) is 35.5 Å². The SMILES string of the molecule is Cc1ccc(Cn2ccnc2C(C)C)c(Cl)c1. The first kappa shape index (κ1) is 12.2. The molecule has 0 aliphatic rings. The van der Waals surface area contributed by atoms with Crippen LogP contribution in [0.4, 0.5) is 0 Å². The number of benzene rings is 1. The summed E-state index contributed by atoms with van der Waals surface area (Å²) in [5.41, 5.74) is 2.32. The molecular weight excluding hydrogens is 232 g/mol. The maximum Gasteiger partial charge on any atom is 0.111 e. The fourth-order valence-corrected chi connectivity index (χ4v) is 2.21. The third kappa shape index (κ3) is 2.70. The molecule has 0 saturated heterocycles. The summed E-state index contributed by atoms with van der Waals surface area (Å²) in [5.74, 6) is 1.52. The molecule has 0 bridgehead atoms. The van der Waals surface area contributed by atoms with Crippen molar-refractivity contribution >= 4 is 11.6 Å². The fourth-order valence-electron chi connectivity index (χ4n) is 1.92. The molecule has 2 rings (SSSR count). The Morgan fingerprint density at radius 2 is 2.12 bits per heavy atom. The van der Waals surface area contributed by atoms with Gasteiger partial charge in [0.05, 0.1) is 6.54 Å². The molecule has 0 atom stereocenters. The van der Waals surface area contributed by atoms with Gasteiger partial charge >= 0.3 is 0 Å². The maximum absolute atomic E-state index is 6.24. The van der Waals surface area contributed by atoms with Crippen LogP contribution in [0, 0.1) is 6.92 Å². The van der Waals surface area contributed by atoms with Crippen LogP contribution in [-0.2, 0) is 6.54 Å². The minimum absolute atomic E-state index is 0.425. The zero-order valence-electron chi connectivity index (χ0n) is 10.4. The molecule has 0 aliphatic carbocycles. The summed E-state index contributed by atoms with van der Waals surface area (Å²) in [6, 6.07) is 6.18. The molecule has 1 heterocycles. The number of hydrogen-bond acceptors (Lipinski definition) is 1. The number of nitrogens with zero attached hydrogens (tertiary/aromatic N) is 2. The molecule has 3 heteroatoms. The van der Waals surface area contributed by atoms with Gasteiger partial charge in [-0.05, 0) is 24.1 Å². The van der Waals surface area contributed by atoms with Crippen LogP contribution in [0.2, 0.25) is 5.02 Å². The molecule has 0 radical (unpaired) electrons. The molecule has 0 amide bonds. The van der Waals surface area contributed by atoms with Crippen LogP contribution in [-0.4, -0.2) is 9.55 Å². The summed E-state index contributed by atoms with van der Waals surface area (Å²) in [6.45, 7) is 7.13. The molecule has 2 aromatic rings. The molecule has 0 N–H and O–H groups in total. The van der Waals surface area contributed by atoms with Gasteiger partial charge in [0.15, 0.2) is 0 Å². The van der Waals surface area contributed by atoms with E-state index in [0.29, 0.717) is 5.92 Å². The average Bonchev–Trinajstić information content (AvgIpc) is 2.70. The van der Waals surface area contributed by atoms with E-state index in [1.807, 2.05) is 25.4 Å². The van der Waals surface area contributed by atoms with Crippen molar-refractivity contribution in [1.29, 1.82) is 0 Å². The number of aryl methyl sites for hydroxylation is 1. The topological polar surface area (TPSA) is 17.8 Å².